The summed E-state index contributed by atoms with van der Waals surface area (Å²) in [5, 5.41) is 7.68. The first-order valence-corrected chi connectivity index (χ1v) is 4.54. The van der Waals surface area contributed by atoms with Gasteiger partial charge in [-0.1, -0.05) is 0 Å². The number of hydrogen-bond acceptors (Lipinski definition) is 4. The summed E-state index contributed by atoms with van der Waals surface area (Å²) in [7, 11) is 1.81. The van der Waals surface area contributed by atoms with Crippen LogP contribution in [0.25, 0.3) is 0 Å². The van der Waals surface area contributed by atoms with E-state index in [0.29, 0.717) is 5.95 Å². The third kappa shape index (κ3) is 1.29. The Bertz CT molecular complexity index is 291. The van der Waals surface area contributed by atoms with Crippen LogP contribution in [0.15, 0.2) is 0 Å². The molecule has 0 saturated carbocycles. The van der Waals surface area contributed by atoms with E-state index >= 15 is 0 Å². The van der Waals surface area contributed by atoms with E-state index in [4.69, 9.17) is 5.73 Å². The molecule has 2 heterocycles. The molecule has 5 heteroatoms. The number of rotatable bonds is 1. The summed E-state index contributed by atoms with van der Waals surface area (Å²) in [5.41, 5.74) is 5.55. The number of aryl methyl sites for hydroxylation is 1. The van der Waals surface area contributed by atoms with E-state index in [9.17, 15) is 0 Å². The van der Waals surface area contributed by atoms with Crippen molar-refractivity contribution in [3.8, 4) is 0 Å². The number of anilines is 1. The van der Waals surface area contributed by atoms with Gasteiger partial charge in [-0.15, -0.1) is 0 Å². The van der Waals surface area contributed by atoms with Crippen molar-refractivity contribution in [3.63, 3.8) is 0 Å². The first kappa shape index (κ1) is 8.50. The Morgan fingerprint density at radius 2 is 2.38 bits per heavy atom. The zero-order chi connectivity index (χ0) is 9.47. The van der Waals surface area contributed by atoms with Crippen LogP contribution in [0.4, 0.5) is 5.95 Å². The van der Waals surface area contributed by atoms with Crippen LogP contribution in [0, 0.1) is 0 Å². The van der Waals surface area contributed by atoms with Crippen molar-refractivity contribution < 1.29 is 0 Å². The van der Waals surface area contributed by atoms with E-state index in [0.717, 1.165) is 18.8 Å². The molecule has 13 heavy (non-hydrogen) atoms. The smallest absolute Gasteiger partial charge is 0.218 e. The van der Waals surface area contributed by atoms with Crippen LogP contribution >= 0.6 is 0 Å². The molecule has 3 N–H and O–H groups in total. The predicted molar refractivity (Wildman–Crippen MR) is 50.0 cm³/mol. The highest BCUT2D eigenvalue weighted by Crippen LogP contribution is 2.27. The van der Waals surface area contributed by atoms with Crippen molar-refractivity contribution in [2.24, 2.45) is 7.05 Å². The van der Waals surface area contributed by atoms with Crippen LogP contribution in [-0.2, 0) is 12.6 Å². The zero-order valence-electron chi connectivity index (χ0n) is 8.04. The minimum Gasteiger partial charge on any atom is -0.368 e. The molecule has 1 aliphatic heterocycles. The lowest BCUT2D eigenvalue weighted by Crippen LogP contribution is -2.34. The number of nitrogens with zero attached hydrogens (tertiary/aromatic N) is 3. The van der Waals surface area contributed by atoms with Gasteiger partial charge in [0.2, 0.25) is 5.95 Å². The standard InChI is InChI=1S/C8H15N5/c1-8(4-3-5-10-8)6-11-7(9)13(2)12-6/h10H,3-5H2,1-2H3,(H2,9,11,12). The van der Waals surface area contributed by atoms with Gasteiger partial charge in [-0.2, -0.15) is 10.1 Å². The summed E-state index contributed by atoms with van der Waals surface area (Å²) in [5.74, 6) is 1.29. The average Bonchev–Trinajstić information content (AvgIpc) is 2.62. The molecule has 72 valence electrons. The van der Waals surface area contributed by atoms with Crippen molar-refractivity contribution in [1.82, 2.24) is 20.1 Å². The molecule has 0 spiro atoms. The van der Waals surface area contributed by atoms with Crippen LogP contribution in [-0.4, -0.2) is 21.3 Å². The van der Waals surface area contributed by atoms with Gasteiger partial charge in [0, 0.05) is 7.05 Å². The van der Waals surface area contributed by atoms with E-state index in [-0.39, 0.29) is 5.54 Å². The second kappa shape index (κ2) is 2.70. The summed E-state index contributed by atoms with van der Waals surface area (Å²) in [6.45, 7) is 3.16. The van der Waals surface area contributed by atoms with Gasteiger partial charge >= 0.3 is 0 Å². The predicted octanol–water partition coefficient (Wildman–Crippen LogP) is -0.00410. The van der Waals surface area contributed by atoms with Crippen molar-refractivity contribution in [1.29, 1.82) is 0 Å². The molecule has 0 aromatic carbocycles. The molecule has 0 bridgehead atoms. The normalized spacial score (nSPS) is 28.2. The lowest BCUT2D eigenvalue weighted by atomic mass is 10.00. The second-order valence-corrected chi connectivity index (χ2v) is 3.78. The van der Waals surface area contributed by atoms with Gasteiger partial charge in [0.1, 0.15) is 0 Å². The third-order valence-electron chi connectivity index (χ3n) is 2.66. The van der Waals surface area contributed by atoms with E-state index < -0.39 is 0 Å². The summed E-state index contributed by atoms with van der Waals surface area (Å²) in [6, 6.07) is 0. The molecule has 1 unspecified atom stereocenters. The summed E-state index contributed by atoms with van der Waals surface area (Å²) in [4.78, 5) is 4.23. The first-order chi connectivity index (χ1) is 6.12. The van der Waals surface area contributed by atoms with Crippen molar-refractivity contribution in [3.05, 3.63) is 5.82 Å². The number of nitrogen functional groups attached to an aromatic ring is 1. The van der Waals surface area contributed by atoms with Crippen molar-refractivity contribution in [2.75, 3.05) is 12.3 Å². The molecular weight excluding hydrogens is 166 g/mol. The molecule has 0 radical (unpaired) electrons. The molecular formula is C8H15N5. The highest BCUT2D eigenvalue weighted by Gasteiger charge is 2.34. The maximum atomic E-state index is 5.63. The number of nitrogens with two attached hydrogens (primary N) is 1. The van der Waals surface area contributed by atoms with Gasteiger partial charge < -0.3 is 11.1 Å². The zero-order valence-corrected chi connectivity index (χ0v) is 8.04. The van der Waals surface area contributed by atoms with E-state index in [2.05, 4.69) is 22.3 Å². The monoisotopic (exact) mass is 181 g/mol. The third-order valence-corrected chi connectivity index (χ3v) is 2.66. The van der Waals surface area contributed by atoms with Crippen molar-refractivity contribution in [2.45, 2.75) is 25.3 Å². The minimum atomic E-state index is -0.0740. The van der Waals surface area contributed by atoms with Gasteiger partial charge in [-0.3, -0.25) is 0 Å². The van der Waals surface area contributed by atoms with Crippen LogP contribution < -0.4 is 11.1 Å². The molecule has 1 aromatic rings. The largest absolute Gasteiger partial charge is 0.368 e. The fourth-order valence-electron chi connectivity index (χ4n) is 1.72. The molecule has 1 aromatic heterocycles. The number of aromatic nitrogens is 3. The molecule has 1 aliphatic rings. The summed E-state index contributed by atoms with van der Waals surface area (Å²) in [6.07, 6.45) is 2.26. The van der Waals surface area contributed by atoms with E-state index in [1.807, 2.05) is 7.05 Å². The highest BCUT2D eigenvalue weighted by atomic mass is 15.4. The lowest BCUT2D eigenvalue weighted by molar-refractivity contribution is 0.405. The Hall–Kier alpha value is -1.10. The fourth-order valence-corrected chi connectivity index (χ4v) is 1.72. The molecule has 2 rings (SSSR count). The molecule has 1 atom stereocenters. The second-order valence-electron chi connectivity index (χ2n) is 3.78. The first-order valence-electron chi connectivity index (χ1n) is 4.54. The quantitative estimate of drug-likeness (QED) is 0.639. The van der Waals surface area contributed by atoms with Gasteiger partial charge in [0.15, 0.2) is 5.82 Å². The summed E-state index contributed by atoms with van der Waals surface area (Å²) < 4.78 is 1.61. The Labute approximate surface area is 77.3 Å². The molecule has 5 nitrogen and oxygen atoms in total. The molecule has 0 aliphatic carbocycles. The maximum Gasteiger partial charge on any atom is 0.218 e. The Kier molecular flexibility index (Phi) is 1.76. The maximum absolute atomic E-state index is 5.63. The van der Waals surface area contributed by atoms with Gasteiger partial charge in [0.25, 0.3) is 0 Å². The Balaban J connectivity index is 2.34. The van der Waals surface area contributed by atoms with Gasteiger partial charge in [-0.05, 0) is 26.3 Å². The SMILES string of the molecule is Cn1nc(C2(C)CCCN2)nc1N. The highest BCUT2D eigenvalue weighted by molar-refractivity contribution is 5.19. The number of hydrogen-bond donors (Lipinski definition) is 2. The minimum absolute atomic E-state index is 0.0740. The van der Waals surface area contributed by atoms with Crippen molar-refractivity contribution >= 4 is 5.95 Å². The summed E-state index contributed by atoms with van der Waals surface area (Å²) >= 11 is 0. The Morgan fingerprint density at radius 3 is 2.85 bits per heavy atom. The average molecular weight is 181 g/mol. The number of nitrogens with one attached hydrogen (secondary N) is 1. The fraction of sp³-hybridized carbons (Fsp3) is 0.750. The topological polar surface area (TPSA) is 68.8 Å². The molecule has 0 amide bonds. The lowest BCUT2D eigenvalue weighted by Gasteiger charge is -2.19. The van der Waals surface area contributed by atoms with E-state index in [1.54, 1.807) is 4.68 Å². The van der Waals surface area contributed by atoms with E-state index in [1.165, 1.54) is 6.42 Å². The molecule has 1 fully saturated rings. The van der Waals surface area contributed by atoms with Crippen LogP contribution in [0.1, 0.15) is 25.6 Å². The molecule has 1 saturated heterocycles. The van der Waals surface area contributed by atoms with Gasteiger partial charge in [0.05, 0.1) is 5.54 Å². The van der Waals surface area contributed by atoms with Crippen LogP contribution in [0.2, 0.25) is 0 Å². The Morgan fingerprint density at radius 1 is 1.62 bits per heavy atom. The van der Waals surface area contributed by atoms with Gasteiger partial charge in [-0.25, -0.2) is 4.68 Å². The van der Waals surface area contributed by atoms with Crippen LogP contribution in [0.5, 0.6) is 0 Å². The van der Waals surface area contributed by atoms with Crippen LogP contribution in [0.3, 0.4) is 0 Å².